The van der Waals surface area contributed by atoms with E-state index in [1.165, 1.54) is 5.56 Å². The number of carbonyl (C=O) groups excluding carboxylic acids is 1. The van der Waals surface area contributed by atoms with Crippen LogP contribution in [0.1, 0.15) is 35.4 Å². The van der Waals surface area contributed by atoms with Gasteiger partial charge in [0.2, 0.25) is 0 Å². The second kappa shape index (κ2) is 9.96. The van der Waals surface area contributed by atoms with Gasteiger partial charge in [-0.3, -0.25) is 9.69 Å². The van der Waals surface area contributed by atoms with Crippen LogP contribution < -0.4 is 14.4 Å². The molecule has 164 valence electrons. The molecule has 0 radical (unpaired) electrons. The zero-order valence-electron chi connectivity index (χ0n) is 18.6. The van der Waals surface area contributed by atoms with Crippen molar-refractivity contribution in [3.05, 3.63) is 94.4 Å². The van der Waals surface area contributed by atoms with E-state index >= 15 is 0 Å². The first-order valence-corrected chi connectivity index (χ1v) is 11.6. The first kappa shape index (κ1) is 22.0. The van der Waals surface area contributed by atoms with Gasteiger partial charge in [-0.25, -0.2) is 0 Å². The SMILES string of the molecule is CCCOc1cccc(C=C2SC(c3ccc(C)cc3)N(c3ccc(OC)cc3)C2=O)c1. The lowest BCUT2D eigenvalue weighted by atomic mass is 10.1. The van der Waals surface area contributed by atoms with Crippen LogP contribution in [-0.4, -0.2) is 19.6 Å². The van der Waals surface area contributed by atoms with E-state index < -0.39 is 0 Å². The van der Waals surface area contributed by atoms with Crippen molar-refractivity contribution < 1.29 is 14.3 Å². The minimum absolute atomic E-state index is 0.00868. The Hall–Kier alpha value is -3.18. The molecule has 0 aliphatic carbocycles. The molecule has 1 aliphatic rings. The molecule has 0 aromatic heterocycles. The number of carbonyl (C=O) groups is 1. The quantitative estimate of drug-likeness (QED) is 0.384. The van der Waals surface area contributed by atoms with Crippen LogP contribution in [0.2, 0.25) is 0 Å². The number of methoxy groups -OCH3 is 1. The molecule has 5 heteroatoms. The van der Waals surface area contributed by atoms with E-state index in [1.807, 2.05) is 59.5 Å². The van der Waals surface area contributed by atoms with Gasteiger partial charge in [-0.15, -0.1) is 0 Å². The van der Waals surface area contributed by atoms with Gasteiger partial charge in [0.05, 0.1) is 18.6 Å². The van der Waals surface area contributed by atoms with Gasteiger partial charge in [0.25, 0.3) is 5.91 Å². The van der Waals surface area contributed by atoms with Crippen molar-refractivity contribution >= 4 is 29.4 Å². The number of nitrogens with zero attached hydrogens (tertiary/aromatic N) is 1. The summed E-state index contributed by atoms with van der Waals surface area (Å²) in [4.78, 5) is 16.1. The van der Waals surface area contributed by atoms with E-state index in [1.54, 1.807) is 18.9 Å². The second-order valence-electron chi connectivity index (χ2n) is 7.68. The first-order valence-electron chi connectivity index (χ1n) is 10.7. The molecule has 0 spiro atoms. The van der Waals surface area contributed by atoms with Gasteiger partial charge in [-0.05, 0) is 66.9 Å². The Morgan fingerprint density at radius 2 is 1.75 bits per heavy atom. The van der Waals surface area contributed by atoms with Crippen molar-refractivity contribution in [2.45, 2.75) is 25.6 Å². The summed E-state index contributed by atoms with van der Waals surface area (Å²) >= 11 is 1.57. The summed E-state index contributed by atoms with van der Waals surface area (Å²) in [5.41, 5.74) is 4.08. The minimum atomic E-state index is -0.137. The van der Waals surface area contributed by atoms with Gasteiger partial charge in [0.1, 0.15) is 16.9 Å². The van der Waals surface area contributed by atoms with Crippen LogP contribution in [0, 0.1) is 6.92 Å². The van der Waals surface area contributed by atoms with Gasteiger partial charge in [0.15, 0.2) is 0 Å². The van der Waals surface area contributed by atoms with Crippen molar-refractivity contribution in [3.8, 4) is 11.5 Å². The van der Waals surface area contributed by atoms with Gasteiger partial charge in [-0.2, -0.15) is 0 Å². The van der Waals surface area contributed by atoms with Crippen LogP contribution in [0.25, 0.3) is 6.08 Å². The molecule has 1 amide bonds. The summed E-state index contributed by atoms with van der Waals surface area (Å²) in [5, 5.41) is -0.137. The lowest BCUT2D eigenvalue weighted by molar-refractivity contribution is -0.114. The maximum atomic E-state index is 13.5. The summed E-state index contributed by atoms with van der Waals surface area (Å²) < 4.78 is 11.0. The average molecular weight is 446 g/mol. The number of benzene rings is 3. The van der Waals surface area contributed by atoms with Crippen molar-refractivity contribution in [1.82, 2.24) is 0 Å². The standard InChI is InChI=1S/C27H27NO3S/c1-4-16-31-24-7-5-6-20(17-24)18-25-26(29)28(22-12-14-23(30-3)15-13-22)27(32-25)21-10-8-19(2)9-11-21/h5-15,17-18,27H,4,16H2,1-3H3. The Balaban J connectivity index is 1.70. The van der Waals surface area contributed by atoms with E-state index in [0.29, 0.717) is 11.5 Å². The first-order chi connectivity index (χ1) is 15.6. The lowest BCUT2D eigenvalue weighted by Gasteiger charge is -2.24. The van der Waals surface area contributed by atoms with Gasteiger partial charge in [-0.1, -0.05) is 60.6 Å². The number of aryl methyl sites for hydroxylation is 1. The largest absolute Gasteiger partial charge is 0.497 e. The van der Waals surface area contributed by atoms with Crippen molar-refractivity contribution in [2.75, 3.05) is 18.6 Å². The molecule has 1 fully saturated rings. The molecule has 1 heterocycles. The fourth-order valence-corrected chi connectivity index (χ4v) is 4.81. The number of anilines is 1. The number of thioether (sulfide) groups is 1. The van der Waals surface area contributed by atoms with E-state index in [4.69, 9.17) is 9.47 Å². The maximum Gasteiger partial charge on any atom is 0.266 e. The molecule has 1 saturated heterocycles. The Bertz CT molecular complexity index is 1110. The smallest absolute Gasteiger partial charge is 0.266 e. The lowest BCUT2D eigenvalue weighted by Crippen LogP contribution is -2.27. The van der Waals surface area contributed by atoms with Crippen LogP contribution in [-0.2, 0) is 4.79 Å². The molecule has 3 aromatic rings. The number of rotatable bonds is 7. The highest BCUT2D eigenvalue weighted by Crippen LogP contribution is 2.48. The van der Waals surface area contributed by atoms with Crippen molar-refractivity contribution in [2.24, 2.45) is 0 Å². The molecule has 4 rings (SSSR count). The molecule has 0 saturated carbocycles. The fraction of sp³-hybridized carbons (Fsp3) is 0.222. The Morgan fingerprint density at radius 1 is 1.00 bits per heavy atom. The van der Waals surface area contributed by atoms with Crippen LogP contribution in [0.5, 0.6) is 11.5 Å². The topological polar surface area (TPSA) is 38.8 Å². The molecule has 1 aliphatic heterocycles. The number of hydrogen-bond acceptors (Lipinski definition) is 4. The molecule has 0 bridgehead atoms. The normalized spacial score (nSPS) is 17.1. The Labute approximate surface area is 193 Å². The summed E-state index contributed by atoms with van der Waals surface area (Å²) in [5.74, 6) is 1.57. The van der Waals surface area contributed by atoms with Crippen LogP contribution >= 0.6 is 11.8 Å². The van der Waals surface area contributed by atoms with E-state index in [9.17, 15) is 4.79 Å². The highest BCUT2D eigenvalue weighted by molar-refractivity contribution is 8.05. The van der Waals surface area contributed by atoms with E-state index in [-0.39, 0.29) is 11.3 Å². The fourth-order valence-electron chi connectivity index (χ4n) is 3.55. The molecule has 4 nitrogen and oxygen atoms in total. The molecule has 3 aromatic carbocycles. The third-order valence-electron chi connectivity index (χ3n) is 5.24. The second-order valence-corrected chi connectivity index (χ2v) is 8.81. The van der Waals surface area contributed by atoms with Crippen LogP contribution in [0.4, 0.5) is 5.69 Å². The Morgan fingerprint density at radius 3 is 2.44 bits per heavy atom. The minimum Gasteiger partial charge on any atom is -0.497 e. The van der Waals surface area contributed by atoms with Crippen molar-refractivity contribution in [3.63, 3.8) is 0 Å². The van der Waals surface area contributed by atoms with Gasteiger partial charge in [0, 0.05) is 5.69 Å². The van der Waals surface area contributed by atoms with Crippen LogP contribution in [0.15, 0.2) is 77.7 Å². The number of hydrogen-bond donors (Lipinski definition) is 0. The molecular weight excluding hydrogens is 418 g/mol. The molecule has 32 heavy (non-hydrogen) atoms. The predicted molar refractivity (Wildman–Crippen MR) is 132 cm³/mol. The Kier molecular flexibility index (Phi) is 6.86. The summed E-state index contributed by atoms with van der Waals surface area (Å²) in [6.45, 7) is 4.82. The summed E-state index contributed by atoms with van der Waals surface area (Å²) in [7, 11) is 1.64. The molecule has 1 unspecified atom stereocenters. The number of amides is 1. The molecule has 0 N–H and O–H groups in total. The third-order valence-corrected chi connectivity index (χ3v) is 6.50. The zero-order chi connectivity index (χ0) is 22.5. The predicted octanol–water partition coefficient (Wildman–Crippen LogP) is 6.61. The monoisotopic (exact) mass is 445 g/mol. The number of ether oxygens (including phenoxy) is 2. The van der Waals surface area contributed by atoms with Gasteiger partial charge >= 0.3 is 0 Å². The molecule has 1 atom stereocenters. The summed E-state index contributed by atoms with van der Waals surface area (Å²) in [6.07, 6.45) is 2.91. The van der Waals surface area contributed by atoms with E-state index in [0.717, 1.165) is 34.7 Å². The van der Waals surface area contributed by atoms with Crippen LogP contribution in [0.3, 0.4) is 0 Å². The van der Waals surface area contributed by atoms with Crippen molar-refractivity contribution in [1.29, 1.82) is 0 Å². The zero-order valence-corrected chi connectivity index (χ0v) is 19.4. The van der Waals surface area contributed by atoms with Gasteiger partial charge < -0.3 is 9.47 Å². The molecular formula is C27H27NO3S. The maximum absolute atomic E-state index is 13.5. The highest BCUT2D eigenvalue weighted by atomic mass is 32.2. The third kappa shape index (κ3) is 4.83. The average Bonchev–Trinajstić information content (AvgIpc) is 3.14. The summed E-state index contributed by atoms with van der Waals surface area (Å²) in [6, 6.07) is 23.9. The highest BCUT2D eigenvalue weighted by Gasteiger charge is 2.38. The van der Waals surface area contributed by atoms with E-state index in [2.05, 4.69) is 38.1 Å².